The van der Waals surface area contributed by atoms with Crippen LogP contribution in [0.3, 0.4) is 0 Å². The summed E-state index contributed by atoms with van der Waals surface area (Å²) >= 11 is 0. The average Bonchev–Trinajstić information content (AvgIpc) is 2.64. The quantitative estimate of drug-likeness (QED) is 0.571. The van der Waals surface area contributed by atoms with Gasteiger partial charge in [0.25, 0.3) is 10.0 Å². The summed E-state index contributed by atoms with van der Waals surface area (Å²) in [5.74, 6) is 0.484. The van der Waals surface area contributed by atoms with Gasteiger partial charge in [0.05, 0.1) is 12.0 Å². The van der Waals surface area contributed by atoms with Crippen LogP contribution < -0.4 is 20.1 Å². The Morgan fingerprint density at radius 2 is 1.74 bits per heavy atom. The maximum absolute atomic E-state index is 12.8. The first-order valence-corrected chi connectivity index (χ1v) is 10.1. The van der Waals surface area contributed by atoms with E-state index in [1.807, 2.05) is 7.05 Å². The number of methoxy groups -OCH3 is 1. The normalized spacial score (nSPS) is 11.1. The van der Waals surface area contributed by atoms with Gasteiger partial charge in [-0.1, -0.05) is 6.07 Å². The highest BCUT2D eigenvalue weighted by atomic mass is 32.2. The summed E-state index contributed by atoms with van der Waals surface area (Å²) in [5.41, 5.74) is 1.46. The van der Waals surface area contributed by atoms with E-state index in [4.69, 9.17) is 4.74 Å². The number of rotatable bonds is 9. The van der Waals surface area contributed by atoms with Gasteiger partial charge in [0.15, 0.2) is 0 Å². The SMILES string of the molecule is CNCCCC(=O)Nc1ccc(C)c(S(=O)(=O)Nc2ccc(OC)cc2)c1. The molecule has 0 radical (unpaired) electrons. The number of amides is 1. The Kier molecular flexibility index (Phi) is 7.20. The summed E-state index contributed by atoms with van der Waals surface area (Å²) < 4.78 is 33.1. The second-order valence-corrected chi connectivity index (χ2v) is 7.72. The molecule has 8 heteroatoms. The van der Waals surface area contributed by atoms with Gasteiger partial charge in [0.1, 0.15) is 5.75 Å². The van der Waals surface area contributed by atoms with Crippen LogP contribution in [0.15, 0.2) is 47.4 Å². The molecule has 0 aliphatic heterocycles. The van der Waals surface area contributed by atoms with E-state index >= 15 is 0 Å². The van der Waals surface area contributed by atoms with Crippen molar-refractivity contribution in [3.8, 4) is 5.75 Å². The van der Waals surface area contributed by atoms with Gasteiger partial charge in [-0.2, -0.15) is 0 Å². The smallest absolute Gasteiger partial charge is 0.262 e. The van der Waals surface area contributed by atoms with Crippen molar-refractivity contribution in [3.05, 3.63) is 48.0 Å². The predicted molar refractivity (Wildman–Crippen MR) is 107 cm³/mol. The van der Waals surface area contributed by atoms with Gasteiger partial charge in [-0.05, 0) is 68.9 Å². The van der Waals surface area contributed by atoms with Crippen molar-refractivity contribution >= 4 is 27.3 Å². The molecule has 0 atom stereocenters. The van der Waals surface area contributed by atoms with Crippen LogP contribution in [-0.2, 0) is 14.8 Å². The van der Waals surface area contributed by atoms with Crippen LogP contribution in [0.1, 0.15) is 18.4 Å². The second kappa shape index (κ2) is 9.38. The predicted octanol–water partition coefficient (Wildman–Crippen LogP) is 2.74. The summed E-state index contributed by atoms with van der Waals surface area (Å²) in [6.45, 7) is 2.45. The first-order valence-electron chi connectivity index (χ1n) is 8.57. The van der Waals surface area contributed by atoms with Gasteiger partial charge in [0.2, 0.25) is 5.91 Å². The van der Waals surface area contributed by atoms with Crippen LogP contribution >= 0.6 is 0 Å². The Balaban J connectivity index is 2.16. The van der Waals surface area contributed by atoms with Crippen LogP contribution in [0, 0.1) is 6.92 Å². The molecule has 2 aromatic carbocycles. The zero-order chi connectivity index (χ0) is 19.9. The maximum atomic E-state index is 12.8. The molecule has 7 nitrogen and oxygen atoms in total. The van der Waals surface area contributed by atoms with Crippen LogP contribution in [-0.4, -0.2) is 35.0 Å². The van der Waals surface area contributed by atoms with Crippen molar-refractivity contribution < 1.29 is 17.9 Å². The van der Waals surface area contributed by atoms with Crippen molar-refractivity contribution in [1.82, 2.24) is 5.32 Å². The molecule has 0 fully saturated rings. The Labute approximate surface area is 160 Å². The van der Waals surface area contributed by atoms with Crippen LogP contribution in [0.25, 0.3) is 0 Å². The third kappa shape index (κ3) is 5.97. The number of carbonyl (C=O) groups excluding carboxylic acids is 1. The van der Waals surface area contributed by atoms with Crippen molar-refractivity contribution in [2.24, 2.45) is 0 Å². The average molecular weight is 391 g/mol. The van der Waals surface area contributed by atoms with Crippen molar-refractivity contribution in [2.75, 3.05) is 30.7 Å². The number of benzene rings is 2. The number of hydrogen-bond donors (Lipinski definition) is 3. The Morgan fingerprint density at radius 1 is 1.07 bits per heavy atom. The molecule has 0 heterocycles. The van der Waals surface area contributed by atoms with Gasteiger partial charge in [-0.15, -0.1) is 0 Å². The molecular formula is C19H25N3O4S. The van der Waals surface area contributed by atoms with E-state index in [2.05, 4.69) is 15.4 Å². The lowest BCUT2D eigenvalue weighted by atomic mass is 10.2. The first-order chi connectivity index (χ1) is 12.9. The molecule has 146 valence electrons. The molecule has 0 unspecified atom stereocenters. The zero-order valence-corrected chi connectivity index (χ0v) is 16.5. The van der Waals surface area contributed by atoms with E-state index in [9.17, 15) is 13.2 Å². The minimum Gasteiger partial charge on any atom is -0.497 e. The topological polar surface area (TPSA) is 96.5 Å². The summed E-state index contributed by atoms with van der Waals surface area (Å²) in [6.07, 6.45) is 1.07. The van der Waals surface area contributed by atoms with Gasteiger partial charge in [0, 0.05) is 17.8 Å². The number of aryl methyl sites for hydroxylation is 1. The van der Waals surface area contributed by atoms with Crippen LogP contribution in [0.2, 0.25) is 0 Å². The molecule has 3 N–H and O–H groups in total. The number of hydrogen-bond acceptors (Lipinski definition) is 5. The standard InChI is InChI=1S/C19H25N3O4S/c1-14-6-7-16(21-19(23)5-4-12-20-2)13-18(14)27(24,25)22-15-8-10-17(26-3)11-9-15/h6-11,13,20,22H,4-5,12H2,1-3H3,(H,21,23). The minimum absolute atomic E-state index is 0.117. The molecule has 0 saturated heterocycles. The number of anilines is 2. The maximum Gasteiger partial charge on any atom is 0.262 e. The molecule has 0 saturated carbocycles. The monoisotopic (exact) mass is 391 g/mol. The third-order valence-electron chi connectivity index (χ3n) is 3.93. The second-order valence-electron chi connectivity index (χ2n) is 6.07. The molecule has 0 spiro atoms. The highest BCUT2D eigenvalue weighted by molar-refractivity contribution is 7.92. The molecule has 0 aromatic heterocycles. The molecule has 27 heavy (non-hydrogen) atoms. The Morgan fingerprint density at radius 3 is 2.37 bits per heavy atom. The van der Waals surface area contributed by atoms with Gasteiger partial charge >= 0.3 is 0 Å². The number of ether oxygens (including phenoxy) is 1. The molecule has 0 bridgehead atoms. The summed E-state index contributed by atoms with van der Waals surface area (Å²) in [7, 11) is -0.428. The molecule has 0 aliphatic rings. The number of nitrogens with one attached hydrogen (secondary N) is 3. The van der Waals surface area contributed by atoms with E-state index in [0.29, 0.717) is 35.5 Å². The molecule has 2 aromatic rings. The summed E-state index contributed by atoms with van der Waals surface area (Å²) in [4.78, 5) is 12.1. The molecule has 1 amide bonds. The summed E-state index contributed by atoms with van der Waals surface area (Å²) in [5, 5.41) is 5.72. The third-order valence-corrected chi connectivity index (χ3v) is 5.46. The number of sulfonamides is 1. The van der Waals surface area contributed by atoms with E-state index in [0.717, 1.165) is 6.54 Å². The van der Waals surface area contributed by atoms with E-state index in [-0.39, 0.29) is 10.8 Å². The van der Waals surface area contributed by atoms with E-state index in [1.54, 1.807) is 50.4 Å². The highest BCUT2D eigenvalue weighted by Crippen LogP contribution is 2.24. The van der Waals surface area contributed by atoms with Crippen LogP contribution in [0.5, 0.6) is 5.75 Å². The van der Waals surface area contributed by atoms with E-state index < -0.39 is 10.0 Å². The lowest BCUT2D eigenvalue weighted by Gasteiger charge is -2.13. The Hall–Kier alpha value is -2.58. The fourth-order valence-electron chi connectivity index (χ4n) is 2.49. The number of carbonyl (C=O) groups is 1. The molecular weight excluding hydrogens is 366 g/mol. The van der Waals surface area contributed by atoms with Crippen LogP contribution in [0.4, 0.5) is 11.4 Å². The summed E-state index contributed by atoms with van der Waals surface area (Å²) in [6, 6.07) is 11.4. The minimum atomic E-state index is -3.79. The van der Waals surface area contributed by atoms with Gasteiger partial charge in [-0.3, -0.25) is 9.52 Å². The van der Waals surface area contributed by atoms with Crippen molar-refractivity contribution in [1.29, 1.82) is 0 Å². The zero-order valence-electron chi connectivity index (χ0n) is 15.7. The fourth-order valence-corrected chi connectivity index (χ4v) is 3.82. The fraction of sp³-hybridized carbons (Fsp3) is 0.316. The lowest BCUT2D eigenvalue weighted by molar-refractivity contribution is -0.116. The van der Waals surface area contributed by atoms with E-state index in [1.165, 1.54) is 6.07 Å². The molecule has 2 rings (SSSR count). The largest absolute Gasteiger partial charge is 0.497 e. The molecule has 0 aliphatic carbocycles. The Bertz CT molecular complexity index is 880. The van der Waals surface area contributed by atoms with Crippen molar-refractivity contribution in [3.63, 3.8) is 0 Å². The van der Waals surface area contributed by atoms with Gasteiger partial charge in [-0.25, -0.2) is 8.42 Å². The van der Waals surface area contributed by atoms with Crippen molar-refractivity contribution in [2.45, 2.75) is 24.7 Å². The van der Waals surface area contributed by atoms with Gasteiger partial charge < -0.3 is 15.4 Å². The lowest BCUT2D eigenvalue weighted by Crippen LogP contribution is -2.17. The highest BCUT2D eigenvalue weighted by Gasteiger charge is 2.18. The first kappa shape index (κ1) is 20.7.